The van der Waals surface area contributed by atoms with E-state index in [1.807, 2.05) is 0 Å². The number of aromatic nitrogens is 3. The van der Waals surface area contributed by atoms with E-state index in [1.165, 1.54) is 30.6 Å². The van der Waals surface area contributed by atoms with Crippen molar-refractivity contribution in [1.82, 2.24) is 15.0 Å². The highest BCUT2D eigenvalue weighted by Crippen LogP contribution is 2.06. The molecule has 0 atom stereocenters. The molecule has 0 bridgehead atoms. The number of aromatic amines is 1. The minimum Gasteiger partial charge on any atom is -0.328 e. The van der Waals surface area contributed by atoms with Crippen LogP contribution in [0.4, 0.5) is 5.95 Å². The van der Waals surface area contributed by atoms with Crippen molar-refractivity contribution in [1.29, 1.82) is 0 Å². The van der Waals surface area contributed by atoms with Gasteiger partial charge in [-0.15, -0.1) is 0 Å². The van der Waals surface area contributed by atoms with Crippen molar-refractivity contribution in [2.75, 3.05) is 5.32 Å². The van der Waals surface area contributed by atoms with Crippen molar-refractivity contribution in [2.24, 2.45) is 0 Å². The second-order valence-corrected chi connectivity index (χ2v) is 3.49. The molecule has 0 radical (unpaired) electrons. The first-order valence-corrected chi connectivity index (χ1v) is 5.01. The Hall–Kier alpha value is -2.21. The number of hydrogen-bond acceptors (Lipinski definition) is 4. The van der Waals surface area contributed by atoms with Crippen molar-refractivity contribution in [3.05, 3.63) is 51.7 Å². The predicted octanol–water partition coefficient (Wildman–Crippen LogP) is 1.07. The van der Waals surface area contributed by atoms with Gasteiger partial charge >= 0.3 is 0 Å². The molecule has 0 aliphatic heterocycles. The fourth-order valence-electron chi connectivity index (χ4n) is 1.12. The summed E-state index contributed by atoms with van der Waals surface area (Å²) in [5.41, 5.74) is 0.0220. The molecule has 0 aliphatic rings. The number of pyridine rings is 1. The maximum Gasteiger partial charge on any atom is 0.259 e. The lowest BCUT2D eigenvalue weighted by Gasteiger charge is -2.02. The Morgan fingerprint density at radius 3 is 2.82 bits per heavy atom. The summed E-state index contributed by atoms with van der Waals surface area (Å²) in [5.74, 6) is -0.322. The van der Waals surface area contributed by atoms with E-state index in [2.05, 4.69) is 20.3 Å². The van der Waals surface area contributed by atoms with Crippen LogP contribution in [0.5, 0.6) is 0 Å². The van der Waals surface area contributed by atoms with Crippen LogP contribution in [0.3, 0.4) is 0 Å². The Labute approximate surface area is 101 Å². The van der Waals surface area contributed by atoms with Crippen LogP contribution in [-0.2, 0) is 0 Å². The Balaban J connectivity index is 2.17. The highest BCUT2D eigenvalue weighted by atomic mass is 35.5. The number of amides is 1. The Morgan fingerprint density at radius 2 is 2.18 bits per heavy atom. The quantitative estimate of drug-likeness (QED) is 0.781. The normalized spacial score (nSPS) is 9.94. The van der Waals surface area contributed by atoms with Gasteiger partial charge < -0.3 is 4.98 Å². The molecule has 0 spiro atoms. The van der Waals surface area contributed by atoms with Gasteiger partial charge in [-0.05, 0) is 12.1 Å². The minimum atomic E-state index is -0.427. The average Bonchev–Trinajstić information content (AvgIpc) is 2.29. The van der Waals surface area contributed by atoms with Gasteiger partial charge in [0.15, 0.2) is 0 Å². The summed E-state index contributed by atoms with van der Waals surface area (Å²) in [5, 5.41) is 2.68. The molecule has 2 aromatic rings. The second kappa shape index (κ2) is 4.75. The molecule has 1 amide bonds. The van der Waals surface area contributed by atoms with Crippen molar-refractivity contribution in [3.63, 3.8) is 0 Å². The van der Waals surface area contributed by atoms with E-state index in [1.54, 1.807) is 0 Å². The third-order valence-electron chi connectivity index (χ3n) is 1.89. The highest BCUT2D eigenvalue weighted by molar-refractivity contribution is 6.29. The molecule has 2 aromatic heterocycles. The maximum absolute atomic E-state index is 11.7. The van der Waals surface area contributed by atoms with Gasteiger partial charge in [0.05, 0.1) is 5.56 Å². The fourth-order valence-corrected chi connectivity index (χ4v) is 1.26. The third kappa shape index (κ3) is 2.88. The van der Waals surface area contributed by atoms with Gasteiger partial charge in [0, 0.05) is 18.5 Å². The van der Waals surface area contributed by atoms with E-state index in [4.69, 9.17) is 11.6 Å². The lowest BCUT2D eigenvalue weighted by atomic mass is 10.3. The van der Waals surface area contributed by atoms with Crippen molar-refractivity contribution in [3.8, 4) is 0 Å². The van der Waals surface area contributed by atoms with Gasteiger partial charge in [0.25, 0.3) is 5.91 Å². The Bertz CT molecular complexity index is 591. The summed E-state index contributed by atoms with van der Waals surface area (Å²) < 4.78 is 0. The maximum atomic E-state index is 11.7. The summed E-state index contributed by atoms with van der Waals surface area (Å²) in [6.07, 6.45) is 2.74. The molecular formula is C10H7ClN4O2. The molecule has 0 saturated heterocycles. The van der Waals surface area contributed by atoms with E-state index in [0.717, 1.165) is 0 Å². The van der Waals surface area contributed by atoms with E-state index >= 15 is 0 Å². The molecule has 17 heavy (non-hydrogen) atoms. The largest absolute Gasteiger partial charge is 0.328 e. The highest BCUT2D eigenvalue weighted by Gasteiger charge is 2.07. The third-order valence-corrected chi connectivity index (χ3v) is 2.10. The molecule has 86 valence electrons. The zero-order chi connectivity index (χ0) is 12.3. The van der Waals surface area contributed by atoms with Gasteiger partial charge in [-0.1, -0.05) is 11.6 Å². The van der Waals surface area contributed by atoms with Crippen molar-refractivity contribution >= 4 is 23.5 Å². The molecule has 2 N–H and O–H groups in total. The SMILES string of the molecule is O=C(Nc1nccc(Cl)n1)c1ccc(=O)[nH]c1. The lowest BCUT2D eigenvalue weighted by Crippen LogP contribution is -2.16. The number of anilines is 1. The summed E-state index contributed by atoms with van der Waals surface area (Å²) in [7, 11) is 0. The van der Waals surface area contributed by atoms with Crippen LogP contribution in [0.15, 0.2) is 35.4 Å². The van der Waals surface area contributed by atoms with E-state index < -0.39 is 5.91 Å². The molecule has 7 heteroatoms. The van der Waals surface area contributed by atoms with Crippen molar-refractivity contribution < 1.29 is 4.79 Å². The standard InChI is InChI=1S/C10H7ClN4O2/c11-7-3-4-12-10(14-7)15-9(17)6-1-2-8(16)13-5-6/h1-5H,(H,13,16)(H,12,14,15,17). The number of carbonyl (C=O) groups is 1. The Kier molecular flexibility index (Phi) is 3.15. The zero-order valence-corrected chi connectivity index (χ0v) is 9.23. The fraction of sp³-hybridized carbons (Fsp3) is 0. The molecule has 0 aromatic carbocycles. The number of H-pyrrole nitrogens is 1. The minimum absolute atomic E-state index is 0.105. The molecule has 0 saturated carbocycles. The number of nitrogens with one attached hydrogen (secondary N) is 2. The van der Waals surface area contributed by atoms with Gasteiger partial charge in [-0.2, -0.15) is 0 Å². The van der Waals surface area contributed by atoms with Crippen LogP contribution in [0.1, 0.15) is 10.4 Å². The first kappa shape index (κ1) is 11.3. The van der Waals surface area contributed by atoms with Crippen LogP contribution >= 0.6 is 11.6 Å². The first-order valence-electron chi connectivity index (χ1n) is 4.64. The number of nitrogens with zero attached hydrogens (tertiary/aromatic N) is 2. The van der Waals surface area contributed by atoms with Crippen molar-refractivity contribution in [2.45, 2.75) is 0 Å². The monoisotopic (exact) mass is 250 g/mol. The number of carbonyl (C=O) groups excluding carboxylic acids is 1. The molecule has 6 nitrogen and oxygen atoms in total. The summed E-state index contributed by atoms with van der Waals surface area (Å²) in [6.45, 7) is 0. The van der Waals surface area contributed by atoms with Crippen LogP contribution in [0.25, 0.3) is 0 Å². The predicted molar refractivity (Wildman–Crippen MR) is 62.1 cm³/mol. The van der Waals surface area contributed by atoms with E-state index in [0.29, 0.717) is 5.56 Å². The summed E-state index contributed by atoms with van der Waals surface area (Å²) >= 11 is 5.65. The van der Waals surface area contributed by atoms with Crippen LogP contribution < -0.4 is 10.9 Å². The zero-order valence-electron chi connectivity index (χ0n) is 8.48. The second-order valence-electron chi connectivity index (χ2n) is 3.10. The van der Waals surface area contributed by atoms with Crippen LogP contribution in [-0.4, -0.2) is 20.9 Å². The molecule has 0 unspecified atom stereocenters. The van der Waals surface area contributed by atoms with Gasteiger partial charge in [0.1, 0.15) is 5.15 Å². The number of hydrogen-bond donors (Lipinski definition) is 2. The van der Waals surface area contributed by atoms with E-state index in [9.17, 15) is 9.59 Å². The molecule has 2 rings (SSSR count). The van der Waals surface area contributed by atoms with Gasteiger partial charge in [-0.3, -0.25) is 14.9 Å². The van der Waals surface area contributed by atoms with E-state index in [-0.39, 0.29) is 16.7 Å². The summed E-state index contributed by atoms with van der Waals surface area (Å²) in [4.78, 5) is 32.5. The van der Waals surface area contributed by atoms with Gasteiger partial charge in [-0.25, -0.2) is 9.97 Å². The molecular weight excluding hydrogens is 244 g/mol. The van der Waals surface area contributed by atoms with Crippen LogP contribution in [0, 0.1) is 0 Å². The summed E-state index contributed by atoms with van der Waals surface area (Å²) in [6, 6.07) is 4.16. The average molecular weight is 251 g/mol. The molecule has 0 fully saturated rings. The van der Waals surface area contributed by atoms with Crippen LogP contribution in [0.2, 0.25) is 5.15 Å². The number of rotatable bonds is 2. The smallest absolute Gasteiger partial charge is 0.259 e. The molecule has 2 heterocycles. The topological polar surface area (TPSA) is 87.7 Å². The lowest BCUT2D eigenvalue weighted by molar-refractivity contribution is 0.102. The Morgan fingerprint density at radius 1 is 1.35 bits per heavy atom. The first-order chi connectivity index (χ1) is 8.15. The van der Waals surface area contributed by atoms with Gasteiger partial charge in [0.2, 0.25) is 11.5 Å². The number of halogens is 1. The molecule has 0 aliphatic carbocycles.